The van der Waals surface area contributed by atoms with E-state index in [9.17, 15) is 0 Å². The van der Waals surface area contributed by atoms with Crippen LogP contribution in [0, 0.1) is 0 Å². The fraction of sp³-hybridized carbons (Fsp3) is 0.667. The van der Waals surface area contributed by atoms with Crippen molar-refractivity contribution in [3.05, 3.63) is 24.0 Å². The monoisotopic (exact) mass is 262 g/mol. The molecule has 106 valence electrons. The van der Waals surface area contributed by atoms with E-state index in [1.807, 2.05) is 13.2 Å². The van der Waals surface area contributed by atoms with E-state index in [0.717, 1.165) is 18.8 Å². The number of anilines is 1. The normalized spacial score (nSPS) is 17.6. The molecule has 0 bridgehead atoms. The van der Waals surface area contributed by atoms with Crippen LogP contribution in [0.2, 0.25) is 0 Å². The van der Waals surface area contributed by atoms with E-state index >= 15 is 0 Å². The van der Waals surface area contributed by atoms with Gasteiger partial charge in [-0.15, -0.1) is 0 Å². The van der Waals surface area contributed by atoms with Crippen molar-refractivity contribution in [2.45, 2.75) is 25.8 Å². The summed E-state index contributed by atoms with van der Waals surface area (Å²) in [5, 5.41) is 3.21. The van der Waals surface area contributed by atoms with Crippen LogP contribution in [0.1, 0.15) is 31.5 Å². The third kappa shape index (κ3) is 3.91. The number of likely N-dealkylation sites (tertiary alicyclic amines) is 1. The van der Waals surface area contributed by atoms with E-state index in [2.05, 4.69) is 46.2 Å². The van der Waals surface area contributed by atoms with Gasteiger partial charge in [-0.05, 0) is 52.0 Å². The van der Waals surface area contributed by atoms with Gasteiger partial charge in [0.1, 0.15) is 0 Å². The molecule has 0 radical (unpaired) electrons. The molecular weight excluding hydrogens is 236 g/mol. The van der Waals surface area contributed by atoms with Crippen molar-refractivity contribution in [3.8, 4) is 0 Å². The van der Waals surface area contributed by atoms with Gasteiger partial charge >= 0.3 is 0 Å². The van der Waals surface area contributed by atoms with Gasteiger partial charge in [-0.1, -0.05) is 0 Å². The molecule has 1 unspecified atom stereocenters. The number of hydrogen-bond donors (Lipinski definition) is 1. The van der Waals surface area contributed by atoms with Crippen molar-refractivity contribution in [1.82, 2.24) is 15.2 Å². The smallest absolute Gasteiger partial charge is 0.0571 e. The fourth-order valence-electron chi connectivity index (χ4n) is 2.45. The Morgan fingerprint density at radius 3 is 2.68 bits per heavy atom. The molecule has 1 aliphatic rings. The molecule has 1 saturated heterocycles. The molecule has 0 amide bonds. The quantitative estimate of drug-likeness (QED) is 0.848. The molecule has 0 saturated carbocycles. The lowest BCUT2D eigenvalue weighted by molar-refractivity contribution is 0.346. The fourth-order valence-corrected chi connectivity index (χ4v) is 2.45. The summed E-state index contributed by atoms with van der Waals surface area (Å²) in [7, 11) is 4.11. The molecule has 1 aliphatic heterocycles. The van der Waals surface area contributed by atoms with Crippen LogP contribution in [0.25, 0.3) is 0 Å². The predicted molar refractivity (Wildman–Crippen MR) is 80.7 cm³/mol. The summed E-state index contributed by atoms with van der Waals surface area (Å²) >= 11 is 0. The Labute approximate surface area is 116 Å². The first kappa shape index (κ1) is 14.3. The minimum atomic E-state index is 0.309. The maximum atomic E-state index is 4.53. The summed E-state index contributed by atoms with van der Waals surface area (Å²) in [5.41, 5.74) is 2.30. The van der Waals surface area contributed by atoms with Gasteiger partial charge in [-0.25, -0.2) is 0 Å². The molecule has 1 aromatic heterocycles. The molecule has 1 atom stereocenters. The van der Waals surface area contributed by atoms with E-state index in [-0.39, 0.29) is 0 Å². The van der Waals surface area contributed by atoms with E-state index in [1.54, 1.807) is 0 Å². The topological polar surface area (TPSA) is 31.4 Å². The lowest BCUT2D eigenvalue weighted by Crippen LogP contribution is -2.31. The number of rotatable bonds is 6. The highest BCUT2D eigenvalue weighted by Crippen LogP contribution is 2.15. The predicted octanol–water partition coefficient (Wildman–Crippen LogP) is 1.89. The summed E-state index contributed by atoms with van der Waals surface area (Å²) < 4.78 is 0. The Morgan fingerprint density at radius 2 is 2.11 bits per heavy atom. The number of nitrogens with one attached hydrogen (secondary N) is 1. The van der Waals surface area contributed by atoms with Gasteiger partial charge in [0.15, 0.2) is 0 Å². The SMILES string of the molecule is CNC(C)c1ccc(N(C)CCN2CCCC2)cn1. The minimum Gasteiger partial charge on any atom is -0.372 e. The third-order valence-corrected chi connectivity index (χ3v) is 4.04. The molecule has 2 rings (SSSR count). The first-order valence-corrected chi connectivity index (χ1v) is 7.27. The van der Waals surface area contributed by atoms with Gasteiger partial charge in [-0.2, -0.15) is 0 Å². The van der Waals surface area contributed by atoms with Crippen LogP contribution in [0.15, 0.2) is 18.3 Å². The Morgan fingerprint density at radius 1 is 1.37 bits per heavy atom. The molecule has 0 aliphatic carbocycles. The second-order valence-corrected chi connectivity index (χ2v) is 5.42. The van der Waals surface area contributed by atoms with Gasteiger partial charge in [0, 0.05) is 26.2 Å². The van der Waals surface area contributed by atoms with E-state index in [0.29, 0.717) is 6.04 Å². The van der Waals surface area contributed by atoms with Gasteiger partial charge in [0.25, 0.3) is 0 Å². The van der Waals surface area contributed by atoms with Crippen molar-refractivity contribution < 1.29 is 0 Å². The highest BCUT2D eigenvalue weighted by molar-refractivity contribution is 5.43. The number of likely N-dealkylation sites (N-methyl/N-ethyl adjacent to an activating group) is 1. The molecule has 2 heterocycles. The summed E-state index contributed by atoms with van der Waals surface area (Å²) in [6.07, 6.45) is 4.71. The number of aromatic nitrogens is 1. The van der Waals surface area contributed by atoms with Gasteiger partial charge < -0.3 is 15.1 Å². The van der Waals surface area contributed by atoms with Crippen molar-refractivity contribution >= 4 is 5.69 Å². The third-order valence-electron chi connectivity index (χ3n) is 4.04. The van der Waals surface area contributed by atoms with Crippen LogP contribution in [0.3, 0.4) is 0 Å². The molecule has 1 aromatic rings. The average molecular weight is 262 g/mol. The Balaban J connectivity index is 1.86. The number of nitrogens with zero attached hydrogens (tertiary/aromatic N) is 3. The zero-order chi connectivity index (χ0) is 13.7. The lowest BCUT2D eigenvalue weighted by Gasteiger charge is -2.23. The molecule has 0 aromatic carbocycles. The first-order valence-electron chi connectivity index (χ1n) is 7.27. The number of pyridine rings is 1. The zero-order valence-electron chi connectivity index (χ0n) is 12.4. The molecule has 1 N–H and O–H groups in total. The zero-order valence-corrected chi connectivity index (χ0v) is 12.4. The summed E-state index contributed by atoms with van der Waals surface area (Å²) in [4.78, 5) is 9.37. The Hall–Kier alpha value is -1.13. The first-order chi connectivity index (χ1) is 9.20. The molecular formula is C15H26N4. The largest absolute Gasteiger partial charge is 0.372 e. The maximum Gasteiger partial charge on any atom is 0.0571 e. The average Bonchev–Trinajstić information content (AvgIpc) is 2.97. The number of hydrogen-bond acceptors (Lipinski definition) is 4. The van der Waals surface area contributed by atoms with E-state index in [1.165, 1.54) is 31.6 Å². The lowest BCUT2D eigenvalue weighted by atomic mass is 10.2. The van der Waals surface area contributed by atoms with Gasteiger partial charge in [-0.3, -0.25) is 4.98 Å². The Bertz CT molecular complexity index is 370. The van der Waals surface area contributed by atoms with Crippen LogP contribution in [-0.4, -0.2) is 50.2 Å². The highest BCUT2D eigenvalue weighted by atomic mass is 15.2. The minimum absolute atomic E-state index is 0.309. The molecule has 4 nitrogen and oxygen atoms in total. The second kappa shape index (κ2) is 6.87. The van der Waals surface area contributed by atoms with Crippen LogP contribution in [0.5, 0.6) is 0 Å². The van der Waals surface area contributed by atoms with Crippen molar-refractivity contribution in [1.29, 1.82) is 0 Å². The van der Waals surface area contributed by atoms with Crippen LogP contribution in [-0.2, 0) is 0 Å². The summed E-state index contributed by atoms with van der Waals surface area (Å²) in [6.45, 7) is 6.89. The maximum absolute atomic E-state index is 4.53. The molecule has 1 fully saturated rings. The van der Waals surface area contributed by atoms with Gasteiger partial charge in [0.05, 0.1) is 17.6 Å². The van der Waals surface area contributed by atoms with Gasteiger partial charge in [0.2, 0.25) is 0 Å². The summed E-state index contributed by atoms with van der Waals surface area (Å²) in [5.74, 6) is 0. The van der Waals surface area contributed by atoms with E-state index in [4.69, 9.17) is 0 Å². The molecule has 19 heavy (non-hydrogen) atoms. The van der Waals surface area contributed by atoms with Crippen LogP contribution >= 0.6 is 0 Å². The highest BCUT2D eigenvalue weighted by Gasteiger charge is 2.12. The molecule has 4 heteroatoms. The van der Waals surface area contributed by atoms with Crippen molar-refractivity contribution in [2.24, 2.45) is 0 Å². The summed E-state index contributed by atoms with van der Waals surface area (Å²) in [6, 6.07) is 4.59. The second-order valence-electron chi connectivity index (χ2n) is 5.42. The van der Waals surface area contributed by atoms with Crippen LogP contribution in [0.4, 0.5) is 5.69 Å². The van der Waals surface area contributed by atoms with E-state index < -0.39 is 0 Å². The standard InChI is InChI=1S/C15H26N4/c1-13(16-2)15-7-6-14(12-17-15)18(3)10-11-19-8-4-5-9-19/h6-7,12-13,16H,4-5,8-11H2,1-3H3. The van der Waals surface area contributed by atoms with Crippen LogP contribution < -0.4 is 10.2 Å². The van der Waals surface area contributed by atoms with Crippen molar-refractivity contribution in [3.63, 3.8) is 0 Å². The van der Waals surface area contributed by atoms with Crippen molar-refractivity contribution in [2.75, 3.05) is 45.2 Å². The molecule has 0 spiro atoms. The Kier molecular flexibility index (Phi) is 5.16.